The fourth-order valence-corrected chi connectivity index (χ4v) is 1.30. The molecular formula is C8H18N2. The minimum atomic E-state index is 0.599. The van der Waals surface area contributed by atoms with Crippen LogP contribution in [-0.2, 0) is 0 Å². The third-order valence-electron chi connectivity index (χ3n) is 2.26. The minimum absolute atomic E-state index is 0.599. The van der Waals surface area contributed by atoms with E-state index in [0.29, 0.717) is 5.41 Å². The van der Waals surface area contributed by atoms with E-state index in [-0.39, 0.29) is 0 Å². The van der Waals surface area contributed by atoms with Gasteiger partial charge in [0.1, 0.15) is 0 Å². The van der Waals surface area contributed by atoms with Crippen molar-refractivity contribution in [1.82, 2.24) is 10.6 Å². The zero-order valence-corrected chi connectivity index (χ0v) is 7.04. The summed E-state index contributed by atoms with van der Waals surface area (Å²) in [7, 11) is 0. The molecule has 0 bridgehead atoms. The molecule has 0 radical (unpaired) electrons. The molecule has 0 saturated carbocycles. The highest BCUT2D eigenvalue weighted by molar-refractivity contribution is 4.88. The summed E-state index contributed by atoms with van der Waals surface area (Å²) in [6.45, 7) is 9.19. The zero-order chi connectivity index (χ0) is 7.45. The van der Waals surface area contributed by atoms with E-state index in [4.69, 9.17) is 0 Å². The lowest BCUT2D eigenvalue weighted by Gasteiger charge is -2.39. The standard InChI is InChI=1S/C8H18N2/c1-3-9-5-4-8(2)6-10-7-8/h9-10H,3-7H2,1-2H3. The van der Waals surface area contributed by atoms with Gasteiger partial charge in [-0.1, -0.05) is 13.8 Å². The second-order valence-electron chi connectivity index (χ2n) is 3.52. The molecule has 1 fully saturated rings. The number of rotatable bonds is 4. The van der Waals surface area contributed by atoms with Gasteiger partial charge < -0.3 is 10.6 Å². The van der Waals surface area contributed by atoms with Gasteiger partial charge in [0.15, 0.2) is 0 Å². The highest BCUT2D eigenvalue weighted by Gasteiger charge is 2.30. The lowest BCUT2D eigenvalue weighted by atomic mass is 9.81. The summed E-state index contributed by atoms with van der Waals surface area (Å²) in [5.41, 5.74) is 0.599. The summed E-state index contributed by atoms with van der Waals surface area (Å²) < 4.78 is 0. The van der Waals surface area contributed by atoms with Crippen LogP contribution in [0, 0.1) is 5.41 Å². The molecule has 0 aromatic carbocycles. The molecule has 10 heavy (non-hydrogen) atoms. The molecule has 0 spiro atoms. The largest absolute Gasteiger partial charge is 0.317 e. The molecule has 60 valence electrons. The Balaban J connectivity index is 2.01. The van der Waals surface area contributed by atoms with E-state index in [0.717, 1.165) is 6.54 Å². The molecule has 1 aliphatic rings. The highest BCUT2D eigenvalue weighted by atomic mass is 15.0. The van der Waals surface area contributed by atoms with Gasteiger partial charge in [-0.25, -0.2) is 0 Å². The van der Waals surface area contributed by atoms with Crippen LogP contribution in [-0.4, -0.2) is 26.2 Å². The molecule has 0 aromatic rings. The van der Waals surface area contributed by atoms with Gasteiger partial charge in [0, 0.05) is 13.1 Å². The molecule has 0 aliphatic carbocycles. The van der Waals surface area contributed by atoms with Crippen molar-refractivity contribution in [3.8, 4) is 0 Å². The Hall–Kier alpha value is -0.0800. The van der Waals surface area contributed by atoms with Gasteiger partial charge in [0.25, 0.3) is 0 Å². The van der Waals surface area contributed by atoms with Crippen LogP contribution < -0.4 is 10.6 Å². The maximum atomic E-state index is 3.34. The molecule has 2 N–H and O–H groups in total. The van der Waals surface area contributed by atoms with Crippen LogP contribution in [0.4, 0.5) is 0 Å². The molecule has 2 nitrogen and oxygen atoms in total. The van der Waals surface area contributed by atoms with Crippen molar-refractivity contribution in [3.63, 3.8) is 0 Å². The van der Waals surface area contributed by atoms with E-state index in [1.165, 1.54) is 26.1 Å². The van der Waals surface area contributed by atoms with Crippen molar-refractivity contribution >= 4 is 0 Å². The fraction of sp³-hybridized carbons (Fsp3) is 1.00. The molecule has 2 heteroatoms. The molecule has 1 rings (SSSR count). The number of nitrogens with one attached hydrogen (secondary N) is 2. The molecule has 1 aliphatic heterocycles. The monoisotopic (exact) mass is 142 g/mol. The Morgan fingerprint density at radius 3 is 2.60 bits per heavy atom. The van der Waals surface area contributed by atoms with Crippen molar-refractivity contribution in [1.29, 1.82) is 0 Å². The van der Waals surface area contributed by atoms with Gasteiger partial charge in [-0.05, 0) is 24.9 Å². The van der Waals surface area contributed by atoms with Crippen molar-refractivity contribution in [3.05, 3.63) is 0 Å². The van der Waals surface area contributed by atoms with Gasteiger partial charge >= 0.3 is 0 Å². The van der Waals surface area contributed by atoms with Gasteiger partial charge in [-0.2, -0.15) is 0 Å². The quantitative estimate of drug-likeness (QED) is 0.562. The van der Waals surface area contributed by atoms with Crippen molar-refractivity contribution in [2.75, 3.05) is 26.2 Å². The first-order valence-corrected chi connectivity index (χ1v) is 4.18. The van der Waals surface area contributed by atoms with Gasteiger partial charge in [-0.15, -0.1) is 0 Å². The summed E-state index contributed by atoms with van der Waals surface area (Å²) in [4.78, 5) is 0. The summed E-state index contributed by atoms with van der Waals surface area (Å²) >= 11 is 0. The van der Waals surface area contributed by atoms with Gasteiger partial charge in [0.2, 0.25) is 0 Å². The Labute approximate surface area is 63.4 Å². The average Bonchev–Trinajstić information content (AvgIpc) is 1.85. The van der Waals surface area contributed by atoms with E-state index < -0.39 is 0 Å². The maximum absolute atomic E-state index is 3.34. The van der Waals surface area contributed by atoms with Crippen LogP contribution in [0.15, 0.2) is 0 Å². The Morgan fingerprint density at radius 1 is 1.50 bits per heavy atom. The van der Waals surface area contributed by atoms with E-state index in [1.807, 2.05) is 0 Å². The Bertz CT molecular complexity index is 97.4. The highest BCUT2D eigenvalue weighted by Crippen LogP contribution is 2.24. The smallest absolute Gasteiger partial charge is 0.00180 e. The topological polar surface area (TPSA) is 24.1 Å². The SMILES string of the molecule is CCNCCC1(C)CNC1. The van der Waals surface area contributed by atoms with Crippen LogP contribution in [0.2, 0.25) is 0 Å². The predicted octanol–water partition coefficient (Wildman–Crippen LogP) is 0.595. The first-order valence-electron chi connectivity index (χ1n) is 4.18. The van der Waals surface area contributed by atoms with E-state index in [9.17, 15) is 0 Å². The van der Waals surface area contributed by atoms with Crippen molar-refractivity contribution in [2.24, 2.45) is 5.41 Å². The number of hydrogen-bond acceptors (Lipinski definition) is 2. The molecule has 1 heterocycles. The lowest BCUT2D eigenvalue weighted by molar-refractivity contribution is 0.179. The van der Waals surface area contributed by atoms with Crippen LogP contribution >= 0.6 is 0 Å². The zero-order valence-electron chi connectivity index (χ0n) is 7.04. The number of hydrogen-bond donors (Lipinski definition) is 2. The van der Waals surface area contributed by atoms with Crippen LogP contribution in [0.1, 0.15) is 20.3 Å². The predicted molar refractivity (Wildman–Crippen MR) is 44.1 cm³/mol. The first kappa shape index (κ1) is 8.02. The van der Waals surface area contributed by atoms with Crippen molar-refractivity contribution < 1.29 is 0 Å². The Kier molecular flexibility index (Phi) is 2.69. The van der Waals surface area contributed by atoms with E-state index >= 15 is 0 Å². The van der Waals surface area contributed by atoms with E-state index in [1.54, 1.807) is 0 Å². The first-order chi connectivity index (χ1) is 4.77. The van der Waals surface area contributed by atoms with Gasteiger partial charge in [-0.3, -0.25) is 0 Å². The lowest BCUT2D eigenvalue weighted by Crippen LogP contribution is -2.52. The van der Waals surface area contributed by atoms with Crippen LogP contribution in [0.5, 0.6) is 0 Å². The molecular weight excluding hydrogens is 124 g/mol. The summed E-state index contributed by atoms with van der Waals surface area (Å²) in [6, 6.07) is 0. The molecule has 0 aromatic heterocycles. The minimum Gasteiger partial charge on any atom is -0.317 e. The van der Waals surface area contributed by atoms with Crippen molar-refractivity contribution in [2.45, 2.75) is 20.3 Å². The Morgan fingerprint density at radius 2 is 2.20 bits per heavy atom. The molecule has 1 saturated heterocycles. The van der Waals surface area contributed by atoms with Crippen LogP contribution in [0.3, 0.4) is 0 Å². The summed E-state index contributed by atoms with van der Waals surface area (Å²) in [6.07, 6.45) is 1.31. The third kappa shape index (κ3) is 1.96. The fourth-order valence-electron chi connectivity index (χ4n) is 1.30. The van der Waals surface area contributed by atoms with E-state index in [2.05, 4.69) is 24.5 Å². The van der Waals surface area contributed by atoms with Crippen LogP contribution in [0.25, 0.3) is 0 Å². The van der Waals surface area contributed by atoms with Gasteiger partial charge in [0.05, 0.1) is 0 Å². The second kappa shape index (κ2) is 3.35. The molecule has 0 atom stereocenters. The molecule has 0 amide bonds. The second-order valence-corrected chi connectivity index (χ2v) is 3.52. The normalized spacial score (nSPS) is 22.2. The average molecular weight is 142 g/mol. The maximum Gasteiger partial charge on any atom is 0.00180 e. The summed E-state index contributed by atoms with van der Waals surface area (Å²) in [5.74, 6) is 0. The summed E-state index contributed by atoms with van der Waals surface area (Å²) in [5, 5.41) is 6.65. The molecule has 0 unspecified atom stereocenters. The third-order valence-corrected chi connectivity index (χ3v) is 2.26.